The SMILES string of the molecule is CCOc1cc(CCNCC[C@@]2(C)S[C@@H](c3ccc(OCc4ccccc4)cc3)N(c3cccc(C(O)OC)c3)C2=O)ccc1OC. The van der Waals surface area contributed by atoms with Gasteiger partial charge in [0.25, 0.3) is 0 Å². The summed E-state index contributed by atoms with van der Waals surface area (Å²) in [7, 11) is 3.10. The highest BCUT2D eigenvalue weighted by Crippen LogP contribution is 2.53. The second kappa shape index (κ2) is 16.2. The molecule has 4 aromatic carbocycles. The Bertz CT molecular complexity index is 1600. The summed E-state index contributed by atoms with van der Waals surface area (Å²) in [4.78, 5) is 16.1. The zero-order valence-electron chi connectivity index (χ0n) is 27.5. The van der Waals surface area contributed by atoms with Gasteiger partial charge in [0.1, 0.15) is 17.7 Å². The van der Waals surface area contributed by atoms with E-state index < -0.39 is 11.0 Å². The van der Waals surface area contributed by atoms with Crippen LogP contribution in [0.25, 0.3) is 0 Å². The maximum atomic E-state index is 14.3. The van der Waals surface area contributed by atoms with Gasteiger partial charge in [0.05, 0.1) is 18.5 Å². The van der Waals surface area contributed by atoms with Crippen molar-refractivity contribution in [2.24, 2.45) is 0 Å². The lowest BCUT2D eigenvalue weighted by Crippen LogP contribution is -2.39. The highest BCUT2D eigenvalue weighted by molar-refractivity contribution is 8.02. The quantitative estimate of drug-likeness (QED) is 0.0979. The van der Waals surface area contributed by atoms with Gasteiger partial charge in [-0.15, -0.1) is 11.8 Å². The first kappa shape index (κ1) is 34.3. The highest BCUT2D eigenvalue weighted by Gasteiger charge is 2.50. The van der Waals surface area contributed by atoms with Crippen molar-refractivity contribution < 1.29 is 28.8 Å². The van der Waals surface area contributed by atoms with Crippen molar-refractivity contribution in [3.8, 4) is 17.2 Å². The molecule has 0 aliphatic carbocycles. The van der Waals surface area contributed by atoms with E-state index in [4.69, 9.17) is 18.9 Å². The molecule has 1 saturated heterocycles. The number of anilines is 1. The van der Waals surface area contributed by atoms with E-state index in [0.717, 1.165) is 46.9 Å². The minimum Gasteiger partial charge on any atom is -0.493 e. The molecule has 0 bridgehead atoms. The van der Waals surface area contributed by atoms with E-state index in [-0.39, 0.29) is 11.3 Å². The number of nitrogens with zero attached hydrogens (tertiary/aromatic N) is 1. The lowest BCUT2D eigenvalue weighted by Gasteiger charge is -2.26. The summed E-state index contributed by atoms with van der Waals surface area (Å²) >= 11 is 1.65. The summed E-state index contributed by atoms with van der Waals surface area (Å²) in [5, 5.41) is 13.6. The third kappa shape index (κ3) is 8.48. The fourth-order valence-corrected chi connectivity index (χ4v) is 7.14. The molecule has 248 valence electrons. The van der Waals surface area contributed by atoms with Crippen molar-refractivity contribution in [1.82, 2.24) is 5.32 Å². The van der Waals surface area contributed by atoms with Crippen LogP contribution in [0.3, 0.4) is 0 Å². The molecule has 4 aromatic rings. The maximum Gasteiger partial charge on any atom is 0.244 e. The summed E-state index contributed by atoms with van der Waals surface area (Å²) in [6.45, 7) is 6.48. The zero-order valence-corrected chi connectivity index (χ0v) is 28.3. The molecule has 1 fully saturated rings. The van der Waals surface area contributed by atoms with Crippen LogP contribution in [0, 0.1) is 0 Å². The van der Waals surface area contributed by atoms with Crippen molar-refractivity contribution in [3.63, 3.8) is 0 Å². The molecule has 47 heavy (non-hydrogen) atoms. The molecule has 1 unspecified atom stereocenters. The van der Waals surface area contributed by atoms with E-state index >= 15 is 0 Å². The Balaban J connectivity index is 1.28. The number of aliphatic hydroxyl groups excluding tert-OH is 1. The third-order valence-electron chi connectivity index (χ3n) is 8.24. The van der Waals surface area contributed by atoms with Crippen LogP contribution >= 0.6 is 11.8 Å². The van der Waals surface area contributed by atoms with Gasteiger partial charge in [-0.1, -0.05) is 60.7 Å². The summed E-state index contributed by atoms with van der Waals surface area (Å²) in [5.41, 5.74) is 4.55. The lowest BCUT2D eigenvalue weighted by molar-refractivity contribution is -0.120. The molecule has 1 aliphatic rings. The van der Waals surface area contributed by atoms with Crippen molar-refractivity contribution in [2.45, 2.75) is 49.7 Å². The molecule has 1 amide bonds. The minimum atomic E-state index is -1.08. The van der Waals surface area contributed by atoms with Gasteiger partial charge in [-0.05, 0) is 92.9 Å². The topological polar surface area (TPSA) is 89.5 Å². The van der Waals surface area contributed by atoms with Crippen molar-refractivity contribution in [1.29, 1.82) is 0 Å². The van der Waals surface area contributed by atoms with Gasteiger partial charge in [-0.3, -0.25) is 9.69 Å². The minimum absolute atomic E-state index is 0.0271. The average molecular weight is 657 g/mol. The van der Waals surface area contributed by atoms with Gasteiger partial charge in [-0.25, -0.2) is 0 Å². The molecule has 0 radical (unpaired) electrons. The summed E-state index contributed by atoms with van der Waals surface area (Å²) in [6, 6.07) is 31.4. The first-order valence-corrected chi connectivity index (χ1v) is 16.8. The van der Waals surface area contributed by atoms with Gasteiger partial charge in [0.2, 0.25) is 5.91 Å². The van der Waals surface area contributed by atoms with Crippen LogP contribution in [0.1, 0.15) is 54.2 Å². The zero-order chi connectivity index (χ0) is 33.2. The van der Waals surface area contributed by atoms with Crippen LogP contribution in [0.15, 0.2) is 97.1 Å². The number of thioether (sulfide) groups is 1. The lowest BCUT2D eigenvalue weighted by atomic mass is 10.0. The highest BCUT2D eigenvalue weighted by atomic mass is 32.2. The molecule has 0 spiro atoms. The molecule has 2 N–H and O–H groups in total. The van der Waals surface area contributed by atoms with Crippen molar-refractivity contribution >= 4 is 23.4 Å². The van der Waals surface area contributed by atoms with Crippen LogP contribution in [0.2, 0.25) is 0 Å². The van der Waals surface area contributed by atoms with E-state index in [2.05, 4.69) is 11.4 Å². The first-order chi connectivity index (χ1) is 22.8. The van der Waals surface area contributed by atoms with Gasteiger partial charge >= 0.3 is 0 Å². The second-order valence-corrected chi connectivity index (χ2v) is 13.2. The third-order valence-corrected chi connectivity index (χ3v) is 9.85. The number of nitrogens with one attached hydrogen (secondary N) is 1. The number of benzene rings is 4. The van der Waals surface area contributed by atoms with E-state index in [1.165, 1.54) is 7.11 Å². The van der Waals surface area contributed by atoms with Crippen LogP contribution in [-0.4, -0.2) is 49.7 Å². The molecule has 3 atom stereocenters. The van der Waals surface area contributed by atoms with Crippen LogP contribution in [-0.2, 0) is 22.6 Å². The first-order valence-electron chi connectivity index (χ1n) is 15.9. The fourth-order valence-electron chi connectivity index (χ4n) is 5.61. The van der Waals surface area contributed by atoms with Crippen molar-refractivity contribution in [2.75, 3.05) is 38.8 Å². The molecule has 0 saturated carbocycles. The number of amides is 1. The van der Waals surface area contributed by atoms with Crippen LogP contribution in [0.4, 0.5) is 5.69 Å². The Labute approximate surface area is 282 Å². The van der Waals surface area contributed by atoms with Gasteiger partial charge < -0.3 is 29.4 Å². The molecule has 1 aliphatic heterocycles. The number of methoxy groups -OCH3 is 2. The van der Waals surface area contributed by atoms with Crippen LogP contribution < -0.4 is 24.4 Å². The van der Waals surface area contributed by atoms with Crippen molar-refractivity contribution in [3.05, 3.63) is 119 Å². The second-order valence-electron chi connectivity index (χ2n) is 11.6. The number of rotatable bonds is 16. The molecule has 8 nitrogen and oxygen atoms in total. The standard InChI is InChI=1S/C38H44N2O6S/c1-5-45-34-24-27(14-19-33(34)43-3)20-22-39-23-21-38(2)37(42)40(31-13-9-12-30(25-31)36(41)44-4)35(47-38)29-15-17-32(18-16-29)46-26-28-10-7-6-8-11-28/h6-19,24-25,35-36,39,41H,5,20-23,26H2,1-4H3/t35-,36?,38+/m0/s1. The molecule has 0 aromatic heterocycles. The predicted molar refractivity (Wildman–Crippen MR) is 187 cm³/mol. The predicted octanol–water partition coefficient (Wildman–Crippen LogP) is 7.07. The van der Waals surface area contributed by atoms with Gasteiger partial charge in [0.15, 0.2) is 17.8 Å². The Hall–Kier alpha value is -4.02. The monoisotopic (exact) mass is 656 g/mol. The number of carbonyl (C=O) groups is 1. The maximum absolute atomic E-state index is 14.3. The number of hydrogen-bond acceptors (Lipinski definition) is 8. The summed E-state index contributed by atoms with van der Waals surface area (Å²) in [5.74, 6) is 2.26. The molecule has 1 heterocycles. The van der Waals surface area contributed by atoms with E-state index in [9.17, 15) is 9.90 Å². The average Bonchev–Trinajstić information content (AvgIpc) is 3.37. The Kier molecular flexibility index (Phi) is 11.8. The number of ether oxygens (including phenoxy) is 4. The van der Waals surface area contributed by atoms with Crippen LogP contribution in [0.5, 0.6) is 17.2 Å². The van der Waals surface area contributed by atoms with E-state index in [1.54, 1.807) is 24.9 Å². The van der Waals surface area contributed by atoms with Gasteiger partial charge in [-0.2, -0.15) is 0 Å². The molecule has 5 rings (SSSR count). The Morgan fingerprint density at radius 2 is 1.68 bits per heavy atom. The smallest absolute Gasteiger partial charge is 0.244 e. The number of hydrogen-bond donors (Lipinski definition) is 2. The van der Waals surface area contributed by atoms with E-state index in [0.29, 0.717) is 37.4 Å². The Morgan fingerprint density at radius 3 is 2.40 bits per heavy atom. The largest absolute Gasteiger partial charge is 0.493 e. The summed E-state index contributed by atoms with van der Waals surface area (Å²) < 4.78 is 21.6. The molecule has 9 heteroatoms. The Morgan fingerprint density at radius 1 is 0.894 bits per heavy atom. The molecular weight excluding hydrogens is 612 g/mol. The van der Waals surface area contributed by atoms with E-state index in [1.807, 2.05) is 104 Å². The summed E-state index contributed by atoms with van der Waals surface area (Å²) in [6.07, 6.45) is 0.393. The molecular formula is C38H44N2O6S. The number of aliphatic hydroxyl groups is 1. The normalized spacial score (nSPS) is 18.3. The number of carbonyl (C=O) groups excluding carboxylic acids is 1. The fraction of sp³-hybridized carbons (Fsp3) is 0.342. The van der Waals surface area contributed by atoms with Gasteiger partial charge in [0, 0.05) is 18.4 Å².